The van der Waals surface area contributed by atoms with E-state index in [1.54, 1.807) is 0 Å². The summed E-state index contributed by atoms with van der Waals surface area (Å²) in [5.41, 5.74) is -1.70. The third kappa shape index (κ3) is 5.02. The smallest absolute Gasteiger partial charge is 0.406 e. The first-order valence-electron chi connectivity index (χ1n) is 11.4. The highest BCUT2D eigenvalue weighted by molar-refractivity contribution is 6.08. The average molecular weight is 560 g/mol. The van der Waals surface area contributed by atoms with Crippen molar-refractivity contribution in [2.24, 2.45) is 0 Å². The summed E-state index contributed by atoms with van der Waals surface area (Å²) in [6.45, 7) is -0.882. The van der Waals surface area contributed by atoms with Gasteiger partial charge in [0.25, 0.3) is 0 Å². The van der Waals surface area contributed by atoms with E-state index in [0.29, 0.717) is 12.1 Å². The molecule has 2 unspecified atom stereocenters. The number of likely N-dealkylation sites (tertiary alicyclic amines) is 1. The van der Waals surface area contributed by atoms with Crippen LogP contribution in [0.3, 0.4) is 0 Å². The Morgan fingerprint density at radius 3 is 2.13 bits per heavy atom. The Balaban J connectivity index is 1.52. The van der Waals surface area contributed by atoms with Gasteiger partial charge in [-0.15, -0.1) is 13.2 Å². The predicted octanol–water partition coefficient (Wildman–Crippen LogP) is 6.75. The monoisotopic (exact) mass is 560 g/mol. The number of nitrogens with zero attached hydrogens (tertiary/aromatic N) is 1. The molecule has 0 bridgehead atoms. The van der Waals surface area contributed by atoms with E-state index in [-0.39, 0.29) is 16.8 Å². The molecule has 13 heteroatoms. The Morgan fingerprint density at radius 1 is 0.872 bits per heavy atom. The molecular formula is C26H17F9N2O2. The van der Waals surface area contributed by atoms with Crippen LogP contribution in [0.15, 0.2) is 60.7 Å². The van der Waals surface area contributed by atoms with Gasteiger partial charge in [-0.2, -0.15) is 13.2 Å². The number of rotatable bonds is 4. The van der Waals surface area contributed by atoms with Gasteiger partial charge >= 0.3 is 12.5 Å². The van der Waals surface area contributed by atoms with Gasteiger partial charge in [-0.05, 0) is 53.6 Å². The molecule has 0 saturated carbocycles. The lowest BCUT2D eigenvalue weighted by Gasteiger charge is -2.58. The van der Waals surface area contributed by atoms with E-state index in [9.17, 15) is 44.3 Å². The third-order valence-electron chi connectivity index (χ3n) is 6.80. The minimum absolute atomic E-state index is 0.0457. The van der Waals surface area contributed by atoms with E-state index in [0.717, 1.165) is 35.2 Å². The number of halogens is 9. The quantitative estimate of drug-likeness (QED) is 0.359. The third-order valence-corrected chi connectivity index (χ3v) is 6.80. The summed E-state index contributed by atoms with van der Waals surface area (Å²) >= 11 is 0. The zero-order valence-corrected chi connectivity index (χ0v) is 19.5. The van der Waals surface area contributed by atoms with E-state index < -0.39 is 77.7 Å². The number of ether oxygens (including phenoxy) is 1. The van der Waals surface area contributed by atoms with E-state index in [4.69, 9.17) is 0 Å². The Hall–Kier alpha value is -3.74. The number of benzene rings is 3. The minimum Gasteiger partial charge on any atom is -0.406 e. The van der Waals surface area contributed by atoms with Crippen molar-refractivity contribution < 1.29 is 49.0 Å². The van der Waals surface area contributed by atoms with Crippen LogP contribution in [0.25, 0.3) is 0 Å². The lowest BCUT2D eigenvalue weighted by atomic mass is 9.67. The molecule has 3 aromatic carbocycles. The van der Waals surface area contributed by atoms with E-state index >= 15 is 0 Å². The number of carbonyl (C=O) groups excluding carboxylic acids is 1. The van der Waals surface area contributed by atoms with Gasteiger partial charge in [0.1, 0.15) is 17.6 Å². The Kier molecular flexibility index (Phi) is 6.32. The van der Waals surface area contributed by atoms with Crippen LogP contribution in [-0.2, 0) is 0 Å². The molecule has 3 aromatic rings. The van der Waals surface area contributed by atoms with Gasteiger partial charge in [0.05, 0.1) is 11.5 Å². The van der Waals surface area contributed by atoms with E-state index in [1.807, 2.05) is 0 Å². The second-order valence-corrected chi connectivity index (χ2v) is 9.41. The highest BCUT2D eigenvalue weighted by Gasteiger charge is 2.60. The summed E-state index contributed by atoms with van der Waals surface area (Å²) in [6, 6.07) is 7.07. The van der Waals surface area contributed by atoms with Crippen LogP contribution in [0.2, 0.25) is 0 Å². The summed E-state index contributed by atoms with van der Waals surface area (Å²) in [5, 5.41) is 2.98. The maximum absolute atomic E-state index is 14.1. The summed E-state index contributed by atoms with van der Waals surface area (Å²) in [6.07, 6.45) is -9.88. The van der Waals surface area contributed by atoms with Crippen molar-refractivity contribution in [3.8, 4) is 5.75 Å². The number of carbonyl (C=O) groups is 1. The van der Waals surface area contributed by atoms with Crippen molar-refractivity contribution in [2.75, 3.05) is 18.4 Å². The molecule has 1 spiro atoms. The Bertz CT molecular complexity index is 1410. The first kappa shape index (κ1) is 26.9. The van der Waals surface area contributed by atoms with Crippen molar-refractivity contribution in [1.29, 1.82) is 0 Å². The maximum Gasteiger partial charge on any atom is 0.573 e. The van der Waals surface area contributed by atoms with Crippen LogP contribution in [0.1, 0.15) is 33.4 Å². The molecule has 39 heavy (non-hydrogen) atoms. The number of nitrogens with one attached hydrogen (secondary N) is 1. The molecule has 2 aliphatic rings. The largest absolute Gasteiger partial charge is 0.573 e. The second kappa shape index (κ2) is 9.18. The number of hydrogen-bond acceptors (Lipinski definition) is 4. The number of anilines is 1. The van der Waals surface area contributed by atoms with Crippen molar-refractivity contribution in [3.63, 3.8) is 0 Å². The number of fused-ring (bicyclic) bond motifs is 1. The van der Waals surface area contributed by atoms with Crippen molar-refractivity contribution in [3.05, 3.63) is 94.8 Å². The van der Waals surface area contributed by atoms with E-state index in [2.05, 4.69) is 10.1 Å². The molecule has 5 rings (SSSR count). The van der Waals surface area contributed by atoms with Crippen molar-refractivity contribution in [1.82, 2.24) is 4.90 Å². The molecule has 0 aliphatic carbocycles. The fourth-order valence-corrected chi connectivity index (χ4v) is 5.33. The summed E-state index contributed by atoms with van der Waals surface area (Å²) in [5.74, 6) is -5.82. The zero-order chi connectivity index (χ0) is 28.3. The lowest BCUT2D eigenvalue weighted by Crippen LogP contribution is -2.72. The average Bonchev–Trinajstić information content (AvgIpc) is 2.79. The van der Waals surface area contributed by atoms with Crippen molar-refractivity contribution >= 4 is 11.5 Å². The van der Waals surface area contributed by atoms with Gasteiger partial charge < -0.3 is 10.1 Å². The number of ketones is 1. The number of Topliss-reactive ketones (excluding diaryl/α,β-unsaturated/α-hetero) is 1. The number of alkyl halides is 6. The minimum atomic E-state index is -4.96. The van der Waals surface area contributed by atoms with Crippen LogP contribution < -0.4 is 10.1 Å². The Morgan fingerprint density at radius 2 is 1.54 bits per heavy atom. The lowest BCUT2D eigenvalue weighted by molar-refractivity contribution is -0.274. The van der Waals surface area contributed by atoms with Crippen LogP contribution >= 0.6 is 0 Å². The first-order chi connectivity index (χ1) is 18.2. The van der Waals surface area contributed by atoms with Crippen LogP contribution in [-0.4, -0.2) is 41.9 Å². The van der Waals surface area contributed by atoms with Gasteiger partial charge in [0.2, 0.25) is 0 Å². The predicted molar refractivity (Wildman–Crippen MR) is 120 cm³/mol. The highest BCUT2D eigenvalue weighted by Crippen LogP contribution is 2.51. The van der Waals surface area contributed by atoms with Gasteiger partial charge in [-0.3, -0.25) is 9.69 Å². The molecule has 1 saturated heterocycles. The number of hydrogen-bond donors (Lipinski definition) is 1. The van der Waals surface area contributed by atoms with Gasteiger partial charge in [0, 0.05) is 24.3 Å². The molecule has 1 N–H and O–H groups in total. The van der Waals surface area contributed by atoms with Gasteiger partial charge in [0.15, 0.2) is 17.4 Å². The molecule has 206 valence electrons. The SMILES string of the molecule is O=C1c2ccc(F)cc2NC2(CN(C(c3ccc(F)c(F)c3)C(F)(F)F)C2)C1c1ccc(OC(F)(F)F)cc1. The van der Waals surface area contributed by atoms with Gasteiger partial charge in [-0.25, -0.2) is 13.2 Å². The molecule has 0 amide bonds. The molecule has 1 fully saturated rings. The van der Waals surface area contributed by atoms with E-state index in [1.165, 1.54) is 18.2 Å². The molecule has 4 nitrogen and oxygen atoms in total. The standard InChI is InChI=1S/C26H17F9N2O2/c27-15-4-7-17-20(10-15)36-24(21(22(17)38)13-1-5-16(6-2-13)39-26(33,34)35)11-37(12-24)23(25(30,31)32)14-3-8-18(28)19(29)9-14/h1-10,21,23,36H,11-12H2. The fourth-order valence-electron chi connectivity index (χ4n) is 5.33. The molecule has 0 radical (unpaired) electrons. The molecule has 0 aromatic heterocycles. The first-order valence-corrected chi connectivity index (χ1v) is 11.4. The molecular weight excluding hydrogens is 543 g/mol. The molecule has 2 heterocycles. The summed E-state index contributed by atoms with van der Waals surface area (Å²) < 4.78 is 125. The second-order valence-electron chi connectivity index (χ2n) is 9.41. The molecule has 2 atom stereocenters. The van der Waals surface area contributed by atoms with Gasteiger partial charge in [-0.1, -0.05) is 18.2 Å². The Labute approximate surface area is 215 Å². The normalized spacial score (nSPS) is 19.7. The summed E-state index contributed by atoms with van der Waals surface area (Å²) in [4.78, 5) is 14.5. The highest BCUT2D eigenvalue weighted by atomic mass is 19.4. The van der Waals surface area contributed by atoms with Crippen molar-refractivity contribution in [2.45, 2.75) is 30.0 Å². The summed E-state index contributed by atoms with van der Waals surface area (Å²) in [7, 11) is 0. The zero-order valence-electron chi connectivity index (χ0n) is 19.5. The fraction of sp³-hybridized carbons (Fsp3) is 0.269. The molecule has 2 aliphatic heterocycles. The topological polar surface area (TPSA) is 41.6 Å². The van der Waals surface area contributed by atoms with Crippen LogP contribution in [0, 0.1) is 17.5 Å². The van der Waals surface area contributed by atoms with Crippen LogP contribution in [0.4, 0.5) is 45.2 Å². The maximum atomic E-state index is 14.1. The van der Waals surface area contributed by atoms with Crippen LogP contribution in [0.5, 0.6) is 5.75 Å².